The van der Waals surface area contributed by atoms with Gasteiger partial charge in [0.05, 0.1) is 16.5 Å². The fraction of sp³-hybridized carbons (Fsp3) is 0.440. The van der Waals surface area contributed by atoms with Crippen molar-refractivity contribution in [2.45, 2.75) is 55.7 Å². The van der Waals surface area contributed by atoms with Gasteiger partial charge in [-0.1, -0.05) is 24.3 Å². The van der Waals surface area contributed by atoms with E-state index in [0.29, 0.717) is 24.8 Å². The predicted octanol–water partition coefficient (Wildman–Crippen LogP) is 4.33. The second-order valence-electron chi connectivity index (χ2n) is 9.52. The average molecular weight is 494 g/mol. The zero-order chi connectivity index (χ0) is 25.4. The fourth-order valence-electron chi connectivity index (χ4n) is 5.34. The van der Waals surface area contributed by atoms with Crippen LogP contribution < -0.4 is 16.0 Å². The number of halogens is 4. The highest BCUT2D eigenvalue weighted by molar-refractivity contribution is 5.88. The first-order valence-corrected chi connectivity index (χ1v) is 11.5. The second-order valence-corrected chi connectivity index (χ2v) is 9.52. The quantitative estimate of drug-likeness (QED) is 0.470. The summed E-state index contributed by atoms with van der Waals surface area (Å²) in [6.45, 7) is 1.98. The molecule has 0 bridgehead atoms. The minimum atomic E-state index is -4.53. The standard InChI is InChI=1S/C25H27F4N3O3/c1-23(15-4-2-5-16(12-15)25(27,28)29)8-3-9-24(10-11-30-21(23)34)19(14-31-22(35)32-24)18-7-6-17(26)13-20(18)33/h2,4-7,12-13,19,33H,3,8-11,14H2,1H3,(H,30,34)(H2,31,32,35). The number of nitrogens with one attached hydrogen (secondary N) is 3. The van der Waals surface area contributed by atoms with Gasteiger partial charge in [-0.05, 0) is 50.3 Å². The number of amides is 3. The maximum Gasteiger partial charge on any atom is 0.416 e. The second kappa shape index (κ2) is 9.05. The minimum absolute atomic E-state index is 0.159. The van der Waals surface area contributed by atoms with Crippen LogP contribution >= 0.6 is 0 Å². The monoisotopic (exact) mass is 493 g/mol. The Balaban J connectivity index is 1.67. The molecule has 0 radical (unpaired) electrons. The van der Waals surface area contributed by atoms with Gasteiger partial charge < -0.3 is 21.1 Å². The van der Waals surface area contributed by atoms with E-state index in [1.807, 2.05) is 0 Å². The molecule has 2 saturated heterocycles. The first-order valence-electron chi connectivity index (χ1n) is 11.5. The summed E-state index contributed by atoms with van der Waals surface area (Å²) in [7, 11) is 0. The number of phenols is 1. The van der Waals surface area contributed by atoms with Crippen LogP contribution in [-0.4, -0.2) is 35.7 Å². The lowest BCUT2D eigenvalue weighted by Gasteiger charge is -2.45. The number of alkyl halides is 3. The first kappa shape index (κ1) is 24.8. The van der Waals surface area contributed by atoms with Crippen LogP contribution in [0.3, 0.4) is 0 Å². The van der Waals surface area contributed by atoms with Crippen molar-refractivity contribution in [3.05, 3.63) is 65.0 Å². The van der Waals surface area contributed by atoms with E-state index in [0.717, 1.165) is 18.2 Å². The number of rotatable bonds is 2. The molecule has 3 amide bonds. The highest BCUT2D eigenvalue weighted by Crippen LogP contribution is 2.43. The van der Waals surface area contributed by atoms with Crippen LogP contribution in [0.4, 0.5) is 22.4 Å². The van der Waals surface area contributed by atoms with Crippen molar-refractivity contribution in [3.8, 4) is 5.75 Å². The number of hydrogen-bond acceptors (Lipinski definition) is 3. The molecular weight excluding hydrogens is 466 g/mol. The molecule has 2 heterocycles. The van der Waals surface area contributed by atoms with Crippen molar-refractivity contribution in [2.75, 3.05) is 13.1 Å². The number of urea groups is 1. The molecular formula is C25H27F4N3O3. The van der Waals surface area contributed by atoms with Gasteiger partial charge in [0.1, 0.15) is 11.6 Å². The van der Waals surface area contributed by atoms with Crippen molar-refractivity contribution in [2.24, 2.45) is 0 Å². The molecule has 2 aliphatic heterocycles. The minimum Gasteiger partial charge on any atom is -0.508 e. The molecule has 2 fully saturated rings. The summed E-state index contributed by atoms with van der Waals surface area (Å²) in [4.78, 5) is 25.6. The van der Waals surface area contributed by atoms with E-state index in [-0.39, 0.29) is 30.8 Å². The summed E-state index contributed by atoms with van der Waals surface area (Å²) >= 11 is 0. The Bertz CT molecular complexity index is 1140. The van der Waals surface area contributed by atoms with E-state index in [2.05, 4.69) is 16.0 Å². The van der Waals surface area contributed by atoms with E-state index < -0.39 is 46.4 Å². The molecule has 3 atom stereocenters. The van der Waals surface area contributed by atoms with Gasteiger partial charge >= 0.3 is 12.2 Å². The topological polar surface area (TPSA) is 90.5 Å². The molecule has 3 unspecified atom stereocenters. The van der Waals surface area contributed by atoms with E-state index in [1.54, 1.807) is 6.92 Å². The van der Waals surface area contributed by atoms with E-state index >= 15 is 0 Å². The normalized spacial score (nSPS) is 27.7. The number of carbonyl (C=O) groups is 2. The fourth-order valence-corrected chi connectivity index (χ4v) is 5.34. The SMILES string of the molecule is CC1(c2cccc(C(F)(F)F)c2)CCCC2(CCNC1=O)NC(=O)NCC2c1ccc(F)cc1O. The van der Waals surface area contributed by atoms with Crippen molar-refractivity contribution >= 4 is 11.9 Å². The Morgan fingerprint density at radius 2 is 1.80 bits per heavy atom. The Hall–Kier alpha value is -3.30. The van der Waals surface area contributed by atoms with Gasteiger partial charge in [-0.2, -0.15) is 13.2 Å². The maximum absolute atomic E-state index is 13.6. The molecule has 0 saturated carbocycles. The highest BCUT2D eigenvalue weighted by atomic mass is 19.4. The average Bonchev–Trinajstić information content (AvgIpc) is 2.84. The zero-order valence-corrected chi connectivity index (χ0v) is 19.1. The van der Waals surface area contributed by atoms with Crippen LogP contribution in [0.2, 0.25) is 0 Å². The van der Waals surface area contributed by atoms with Gasteiger partial charge in [-0.3, -0.25) is 4.79 Å². The Labute approximate surface area is 200 Å². The van der Waals surface area contributed by atoms with Gasteiger partial charge in [-0.25, -0.2) is 9.18 Å². The molecule has 188 valence electrons. The lowest BCUT2D eigenvalue weighted by molar-refractivity contribution is -0.138. The number of aromatic hydroxyl groups is 1. The number of benzene rings is 2. The number of hydrogen-bond donors (Lipinski definition) is 4. The molecule has 2 aromatic rings. The smallest absolute Gasteiger partial charge is 0.416 e. The zero-order valence-electron chi connectivity index (χ0n) is 19.1. The lowest BCUT2D eigenvalue weighted by Crippen LogP contribution is -2.63. The van der Waals surface area contributed by atoms with Crippen molar-refractivity contribution in [1.29, 1.82) is 0 Å². The third-order valence-electron chi connectivity index (χ3n) is 7.35. The Morgan fingerprint density at radius 1 is 1.03 bits per heavy atom. The van der Waals surface area contributed by atoms with Gasteiger partial charge in [0.2, 0.25) is 5.91 Å². The van der Waals surface area contributed by atoms with Crippen molar-refractivity contribution < 1.29 is 32.3 Å². The van der Waals surface area contributed by atoms with Crippen molar-refractivity contribution in [3.63, 3.8) is 0 Å². The van der Waals surface area contributed by atoms with Crippen LogP contribution in [0.5, 0.6) is 5.75 Å². The lowest BCUT2D eigenvalue weighted by atomic mass is 9.71. The molecule has 0 aromatic heterocycles. The van der Waals surface area contributed by atoms with E-state index in [1.165, 1.54) is 24.3 Å². The van der Waals surface area contributed by atoms with E-state index in [9.17, 15) is 32.3 Å². The third kappa shape index (κ3) is 4.78. The molecule has 6 nitrogen and oxygen atoms in total. The molecule has 1 spiro atoms. The summed E-state index contributed by atoms with van der Waals surface area (Å²) in [5, 5.41) is 19.0. The van der Waals surface area contributed by atoms with Gasteiger partial charge in [0.25, 0.3) is 0 Å². The van der Waals surface area contributed by atoms with Gasteiger partial charge in [-0.15, -0.1) is 0 Å². The molecule has 0 aliphatic carbocycles. The molecule has 4 N–H and O–H groups in total. The Kier molecular flexibility index (Phi) is 6.42. The van der Waals surface area contributed by atoms with Crippen LogP contribution in [0.15, 0.2) is 42.5 Å². The van der Waals surface area contributed by atoms with Crippen LogP contribution in [0.25, 0.3) is 0 Å². The molecule has 10 heteroatoms. The van der Waals surface area contributed by atoms with Gasteiger partial charge in [0.15, 0.2) is 0 Å². The van der Waals surface area contributed by atoms with Crippen LogP contribution in [0, 0.1) is 5.82 Å². The predicted molar refractivity (Wildman–Crippen MR) is 120 cm³/mol. The molecule has 35 heavy (non-hydrogen) atoms. The van der Waals surface area contributed by atoms with Crippen LogP contribution in [0.1, 0.15) is 55.2 Å². The first-order chi connectivity index (χ1) is 16.4. The summed E-state index contributed by atoms with van der Waals surface area (Å²) in [5.74, 6) is -1.64. The van der Waals surface area contributed by atoms with Gasteiger partial charge in [0, 0.05) is 30.6 Å². The summed E-state index contributed by atoms with van der Waals surface area (Å²) in [6.07, 6.45) is -3.14. The molecule has 2 aromatic carbocycles. The molecule has 4 rings (SSSR count). The summed E-state index contributed by atoms with van der Waals surface area (Å²) < 4.78 is 53.6. The van der Waals surface area contributed by atoms with Crippen molar-refractivity contribution in [1.82, 2.24) is 16.0 Å². The summed E-state index contributed by atoms with van der Waals surface area (Å²) in [6, 6.07) is 8.14. The molecule has 2 aliphatic rings. The summed E-state index contributed by atoms with van der Waals surface area (Å²) in [5.41, 5.74) is -2.16. The maximum atomic E-state index is 13.6. The number of phenolic OH excluding ortho intramolecular Hbond substituents is 1. The highest BCUT2D eigenvalue weighted by Gasteiger charge is 2.47. The third-order valence-corrected chi connectivity index (χ3v) is 7.35. The van der Waals surface area contributed by atoms with Crippen LogP contribution in [-0.2, 0) is 16.4 Å². The Morgan fingerprint density at radius 3 is 2.51 bits per heavy atom. The number of carbonyl (C=O) groups excluding carboxylic acids is 2. The largest absolute Gasteiger partial charge is 0.508 e. The van der Waals surface area contributed by atoms with E-state index in [4.69, 9.17) is 0 Å².